The number of halogens is 1. The summed E-state index contributed by atoms with van der Waals surface area (Å²) in [6, 6.07) is 16.6. The Morgan fingerprint density at radius 1 is 1.08 bits per heavy atom. The SMILES string of the molecule is CC(C)(O)c1ccc(OCc2cc(-c3ccc(Cl)cc3)no2)cc1. The Morgan fingerprint density at radius 2 is 1.75 bits per heavy atom. The molecular weight excluding hydrogens is 326 g/mol. The molecule has 0 saturated carbocycles. The molecule has 124 valence electrons. The number of hydrogen-bond acceptors (Lipinski definition) is 4. The lowest BCUT2D eigenvalue weighted by atomic mass is 9.99. The lowest BCUT2D eigenvalue weighted by Crippen LogP contribution is -2.14. The monoisotopic (exact) mass is 343 g/mol. The zero-order chi connectivity index (χ0) is 17.2. The van der Waals surface area contributed by atoms with E-state index in [1.165, 1.54) is 0 Å². The standard InChI is InChI=1S/C19H18ClNO3/c1-19(2,22)14-5-9-16(10-6-14)23-12-17-11-18(21-24-17)13-3-7-15(20)8-4-13/h3-11,22H,12H2,1-2H3. The molecule has 1 N–H and O–H groups in total. The predicted molar refractivity (Wildman–Crippen MR) is 93.0 cm³/mol. The Morgan fingerprint density at radius 3 is 2.38 bits per heavy atom. The summed E-state index contributed by atoms with van der Waals surface area (Å²) in [6.45, 7) is 3.77. The predicted octanol–water partition coefficient (Wildman–Crippen LogP) is 4.80. The van der Waals surface area contributed by atoms with E-state index in [0.717, 1.165) is 16.8 Å². The fourth-order valence-electron chi connectivity index (χ4n) is 2.25. The summed E-state index contributed by atoms with van der Waals surface area (Å²) < 4.78 is 11.0. The number of nitrogens with zero attached hydrogens (tertiary/aromatic N) is 1. The number of aliphatic hydroxyl groups is 1. The van der Waals surface area contributed by atoms with Gasteiger partial charge in [0, 0.05) is 16.7 Å². The summed E-state index contributed by atoms with van der Waals surface area (Å²) >= 11 is 5.88. The van der Waals surface area contributed by atoms with Gasteiger partial charge < -0.3 is 14.4 Å². The van der Waals surface area contributed by atoms with Crippen molar-refractivity contribution in [2.24, 2.45) is 0 Å². The summed E-state index contributed by atoms with van der Waals surface area (Å²) in [5.74, 6) is 1.33. The normalized spacial score (nSPS) is 11.5. The Balaban J connectivity index is 1.64. The third-order valence-electron chi connectivity index (χ3n) is 3.64. The van der Waals surface area contributed by atoms with Crippen LogP contribution in [0.15, 0.2) is 59.1 Å². The molecule has 0 aliphatic carbocycles. The Hall–Kier alpha value is -2.30. The highest BCUT2D eigenvalue weighted by atomic mass is 35.5. The quantitative estimate of drug-likeness (QED) is 0.722. The second-order valence-electron chi connectivity index (χ2n) is 6.06. The average Bonchev–Trinajstić information content (AvgIpc) is 3.02. The van der Waals surface area contributed by atoms with Gasteiger partial charge in [-0.2, -0.15) is 0 Å². The highest BCUT2D eigenvalue weighted by molar-refractivity contribution is 6.30. The van der Waals surface area contributed by atoms with E-state index in [2.05, 4.69) is 5.16 Å². The zero-order valence-electron chi connectivity index (χ0n) is 13.5. The molecule has 1 heterocycles. The molecule has 3 rings (SSSR count). The summed E-state index contributed by atoms with van der Waals surface area (Å²) in [5.41, 5.74) is 1.64. The minimum Gasteiger partial charge on any atom is -0.486 e. The first-order valence-corrected chi connectivity index (χ1v) is 7.97. The molecule has 0 atom stereocenters. The van der Waals surface area contributed by atoms with Crippen LogP contribution in [0.4, 0.5) is 0 Å². The maximum absolute atomic E-state index is 9.94. The molecular formula is C19H18ClNO3. The van der Waals surface area contributed by atoms with E-state index in [-0.39, 0.29) is 6.61 Å². The van der Waals surface area contributed by atoms with Crippen LogP contribution in [0, 0.1) is 0 Å². The molecule has 0 radical (unpaired) electrons. The second-order valence-corrected chi connectivity index (χ2v) is 6.49. The van der Waals surface area contributed by atoms with Crippen molar-refractivity contribution < 1.29 is 14.4 Å². The second kappa shape index (κ2) is 6.67. The highest BCUT2D eigenvalue weighted by Gasteiger charge is 2.15. The fraction of sp³-hybridized carbons (Fsp3) is 0.211. The van der Waals surface area contributed by atoms with E-state index in [0.29, 0.717) is 16.5 Å². The van der Waals surface area contributed by atoms with Crippen LogP contribution in [0.1, 0.15) is 25.2 Å². The van der Waals surface area contributed by atoms with Gasteiger partial charge in [-0.3, -0.25) is 0 Å². The van der Waals surface area contributed by atoms with E-state index in [1.807, 2.05) is 54.6 Å². The Labute approximate surface area is 145 Å². The molecule has 3 aromatic rings. The van der Waals surface area contributed by atoms with Crippen LogP contribution in [0.5, 0.6) is 5.75 Å². The number of hydrogen-bond donors (Lipinski definition) is 1. The average molecular weight is 344 g/mol. The topological polar surface area (TPSA) is 55.5 Å². The number of benzene rings is 2. The molecule has 2 aromatic carbocycles. The van der Waals surface area contributed by atoms with Crippen molar-refractivity contribution in [3.05, 3.63) is 70.9 Å². The molecule has 5 heteroatoms. The molecule has 0 saturated heterocycles. The van der Waals surface area contributed by atoms with Crippen LogP contribution < -0.4 is 4.74 Å². The number of aromatic nitrogens is 1. The van der Waals surface area contributed by atoms with Crippen LogP contribution in [0.2, 0.25) is 5.02 Å². The van der Waals surface area contributed by atoms with Crippen molar-refractivity contribution in [1.82, 2.24) is 5.16 Å². The maximum Gasteiger partial charge on any atom is 0.174 e. The van der Waals surface area contributed by atoms with Crippen LogP contribution in [0.3, 0.4) is 0 Å². The Bertz CT molecular complexity index is 802. The molecule has 0 spiro atoms. The summed E-state index contributed by atoms with van der Waals surface area (Å²) in [6.07, 6.45) is 0. The third-order valence-corrected chi connectivity index (χ3v) is 3.89. The van der Waals surface area contributed by atoms with Crippen molar-refractivity contribution in [1.29, 1.82) is 0 Å². The molecule has 1 aromatic heterocycles. The first kappa shape index (κ1) is 16.6. The number of ether oxygens (including phenoxy) is 1. The molecule has 0 unspecified atom stereocenters. The molecule has 24 heavy (non-hydrogen) atoms. The van der Waals surface area contributed by atoms with Gasteiger partial charge >= 0.3 is 0 Å². The van der Waals surface area contributed by atoms with E-state index in [1.54, 1.807) is 13.8 Å². The lowest BCUT2D eigenvalue weighted by Gasteiger charge is -2.17. The summed E-state index contributed by atoms with van der Waals surface area (Å²) in [7, 11) is 0. The van der Waals surface area contributed by atoms with E-state index < -0.39 is 5.60 Å². The van der Waals surface area contributed by atoms with Gasteiger partial charge in [0.25, 0.3) is 0 Å². The zero-order valence-corrected chi connectivity index (χ0v) is 14.2. The molecule has 0 aliphatic heterocycles. The molecule has 4 nitrogen and oxygen atoms in total. The van der Waals surface area contributed by atoms with Crippen molar-refractivity contribution in [3.8, 4) is 17.0 Å². The minimum absolute atomic E-state index is 0.280. The summed E-state index contributed by atoms with van der Waals surface area (Å²) in [5, 5.41) is 14.7. The van der Waals surface area contributed by atoms with E-state index >= 15 is 0 Å². The number of rotatable bonds is 5. The lowest BCUT2D eigenvalue weighted by molar-refractivity contribution is 0.0785. The molecule has 0 aliphatic rings. The van der Waals surface area contributed by atoms with Crippen LogP contribution in [-0.2, 0) is 12.2 Å². The van der Waals surface area contributed by atoms with Crippen molar-refractivity contribution in [3.63, 3.8) is 0 Å². The largest absolute Gasteiger partial charge is 0.486 e. The van der Waals surface area contributed by atoms with E-state index in [9.17, 15) is 5.11 Å². The van der Waals surface area contributed by atoms with Crippen molar-refractivity contribution in [2.75, 3.05) is 0 Å². The first-order chi connectivity index (χ1) is 11.4. The van der Waals surface area contributed by atoms with Gasteiger partial charge in [-0.25, -0.2) is 0 Å². The van der Waals surface area contributed by atoms with Gasteiger partial charge in [-0.15, -0.1) is 0 Å². The van der Waals surface area contributed by atoms with Gasteiger partial charge in [-0.05, 0) is 43.7 Å². The summed E-state index contributed by atoms with van der Waals surface area (Å²) in [4.78, 5) is 0. The van der Waals surface area contributed by atoms with Gasteiger partial charge in [-0.1, -0.05) is 41.0 Å². The van der Waals surface area contributed by atoms with E-state index in [4.69, 9.17) is 20.9 Å². The maximum atomic E-state index is 9.94. The smallest absolute Gasteiger partial charge is 0.174 e. The highest BCUT2D eigenvalue weighted by Crippen LogP contribution is 2.24. The molecule has 0 amide bonds. The van der Waals surface area contributed by atoms with Crippen LogP contribution in [0.25, 0.3) is 11.3 Å². The van der Waals surface area contributed by atoms with Crippen LogP contribution in [-0.4, -0.2) is 10.3 Å². The van der Waals surface area contributed by atoms with Crippen molar-refractivity contribution in [2.45, 2.75) is 26.1 Å². The molecule has 0 fully saturated rings. The van der Waals surface area contributed by atoms with Gasteiger partial charge in [0.05, 0.1) is 5.60 Å². The minimum atomic E-state index is -0.864. The van der Waals surface area contributed by atoms with Crippen LogP contribution >= 0.6 is 11.6 Å². The van der Waals surface area contributed by atoms with Crippen molar-refractivity contribution >= 4 is 11.6 Å². The Kier molecular flexibility index (Phi) is 4.60. The van der Waals surface area contributed by atoms with Gasteiger partial charge in [0.1, 0.15) is 18.1 Å². The molecule has 0 bridgehead atoms. The third kappa shape index (κ3) is 3.96. The van der Waals surface area contributed by atoms with Gasteiger partial charge in [0.15, 0.2) is 5.76 Å². The van der Waals surface area contributed by atoms with Gasteiger partial charge in [0.2, 0.25) is 0 Å². The fourth-order valence-corrected chi connectivity index (χ4v) is 2.38. The first-order valence-electron chi connectivity index (χ1n) is 7.59.